The number of ketones is 1. The van der Waals surface area contributed by atoms with Crippen LogP contribution in [0.1, 0.15) is 6.42 Å². The van der Waals surface area contributed by atoms with E-state index in [4.69, 9.17) is 5.73 Å². The summed E-state index contributed by atoms with van der Waals surface area (Å²) in [6, 6.07) is 5.79. The monoisotopic (exact) mass is 361 g/mol. The lowest BCUT2D eigenvalue weighted by Gasteiger charge is -2.07. The van der Waals surface area contributed by atoms with Crippen molar-refractivity contribution in [1.82, 2.24) is 19.2 Å². The maximum atomic E-state index is 11.4. The lowest BCUT2D eigenvalue weighted by atomic mass is 10.1. The van der Waals surface area contributed by atoms with Crippen LogP contribution in [0.25, 0.3) is 5.52 Å². The van der Waals surface area contributed by atoms with Gasteiger partial charge in [0.25, 0.3) is 0 Å². The Morgan fingerprint density at radius 3 is 2.96 bits per heavy atom. The molecule has 4 rings (SSSR count). The van der Waals surface area contributed by atoms with Crippen LogP contribution in [0, 0.1) is 0 Å². The summed E-state index contributed by atoms with van der Waals surface area (Å²) in [6.07, 6.45) is 12.8. The number of carbonyl (C=O) groups is 1. The molecule has 8 heteroatoms. The van der Waals surface area contributed by atoms with Crippen LogP contribution in [0.2, 0.25) is 0 Å². The van der Waals surface area contributed by atoms with E-state index in [1.165, 1.54) is 12.2 Å². The van der Waals surface area contributed by atoms with Crippen LogP contribution < -0.4 is 11.1 Å². The van der Waals surface area contributed by atoms with Gasteiger partial charge >= 0.3 is 0 Å². The highest BCUT2D eigenvalue weighted by Crippen LogP contribution is 2.30. The lowest BCUT2D eigenvalue weighted by molar-refractivity contribution is -0.110. The maximum Gasteiger partial charge on any atom is 0.180 e. The number of hydrogen-bond acceptors (Lipinski definition) is 6. The molecule has 0 spiro atoms. The Hall–Kier alpha value is -3.68. The van der Waals surface area contributed by atoms with Crippen molar-refractivity contribution in [2.75, 3.05) is 11.9 Å². The van der Waals surface area contributed by atoms with Crippen LogP contribution in [0.5, 0.6) is 0 Å². The van der Waals surface area contributed by atoms with Crippen molar-refractivity contribution in [3.05, 3.63) is 67.0 Å². The number of hydrogen-bond donors (Lipinski definition) is 2. The molecule has 1 aliphatic carbocycles. The first kappa shape index (κ1) is 16.8. The maximum absolute atomic E-state index is 11.4. The molecule has 3 aromatic rings. The SMILES string of the molecule is NC1=CC(=O)C=CC1=Nc1c(NCCCn2ccnc2)nn2ccccc12. The molecule has 0 radical (unpaired) electrons. The van der Waals surface area contributed by atoms with E-state index in [-0.39, 0.29) is 5.78 Å². The normalized spacial score (nSPS) is 15.5. The summed E-state index contributed by atoms with van der Waals surface area (Å²) in [6.45, 7) is 1.60. The van der Waals surface area contributed by atoms with Crippen LogP contribution in [-0.4, -0.2) is 37.2 Å². The summed E-state index contributed by atoms with van der Waals surface area (Å²) in [5, 5.41) is 7.93. The molecule has 136 valence electrons. The number of nitrogens with one attached hydrogen (secondary N) is 1. The van der Waals surface area contributed by atoms with Gasteiger partial charge in [-0.05, 0) is 30.7 Å². The van der Waals surface area contributed by atoms with Gasteiger partial charge in [-0.25, -0.2) is 14.5 Å². The van der Waals surface area contributed by atoms with Crippen LogP contribution in [0.4, 0.5) is 11.5 Å². The number of aliphatic imine (C=N–C) groups is 1. The number of aromatic nitrogens is 4. The van der Waals surface area contributed by atoms with Gasteiger partial charge in [0.15, 0.2) is 11.6 Å². The van der Waals surface area contributed by atoms with Crippen molar-refractivity contribution in [1.29, 1.82) is 0 Å². The van der Waals surface area contributed by atoms with Crippen molar-refractivity contribution in [3.63, 3.8) is 0 Å². The van der Waals surface area contributed by atoms with Gasteiger partial charge < -0.3 is 15.6 Å². The Balaban J connectivity index is 1.59. The van der Waals surface area contributed by atoms with E-state index in [2.05, 4.69) is 20.4 Å². The summed E-state index contributed by atoms with van der Waals surface area (Å²) in [7, 11) is 0. The van der Waals surface area contributed by atoms with E-state index in [0.717, 1.165) is 25.0 Å². The molecule has 8 nitrogen and oxygen atoms in total. The van der Waals surface area contributed by atoms with E-state index in [1.807, 2.05) is 35.2 Å². The second-order valence-corrected chi connectivity index (χ2v) is 6.14. The zero-order valence-corrected chi connectivity index (χ0v) is 14.6. The molecule has 0 saturated carbocycles. The molecular weight excluding hydrogens is 342 g/mol. The summed E-state index contributed by atoms with van der Waals surface area (Å²) < 4.78 is 3.80. The zero-order valence-electron chi connectivity index (χ0n) is 14.6. The first-order chi connectivity index (χ1) is 13.2. The molecule has 0 atom stereocenters. The van der Waals surface area contributed by atoms with E-state index < -0.39 is 0 Å². The molecule has 27 heavy (non-hydrogen) atoms. The van der Waals surface area contributed by atoms with Crippen LogP contribution >= 0.6 is 0 Å². The molecule has 0 aliphatic heterocycles. The van der Waals surface area contributed by atoms with Gasteiger partial charge in [0.05, 0.1) is 23.3 Å². The fourth-order valence-electron chi connectivity index (χ4n) is 2.86. The number of pyridine rings is 1. The fraction of sp³-hybridized carbons (Fsp3) is 0.158. The summed E-state index contributed by atoms with van der Waals surface area (Å²) in [5.74, 6) is 0.543. The summed E-state index contributed by atoms with van der Waals surface area (Å²) >= 11 is 0. The molecule has 0 unspecified atom stereocenters. The number of nitrogens with two attached hydrogens (primary N) is 1. The lowest BCUT2D eigenvalue weighted by Crippen LogP contribution is -2.14. The predicted molar refractivity (Wildman–Crippen MR) is 104 cm³/mol. The van der Waals surface area contributed by atoms with Crippen LogP contribution in [0.15, 0.2) is 72.0 Å². The number of fused-ring (bicyclic) bond motifs is 1. The number of aryl methyl sites for hydroxylation is 1. The first-order valence-electron chi connectivity index (χ1n) is 8.66. The summed E-state index contributed by atoms with van der Waals surface area (Å²) in [5.41, 5.74) is 8.42. The van der Waals surface area contributed by atoms with Crippen molar-refractivity contribution in [3.8, 4) is 0 Å². The van der Waals surface area contributed by atoms with Gasteiger partial charge in [-0.15, -0.1) is 5.10 Å². The van der Waals surface area contributed by atoms with E-state index in [0.29, 0.717) is 22.9 Å². The molecule has 0 fully saturated rings. The number of allylic oxidation sites excluding steroid dienone is 3. The molecule has 1 aliphatic rings. The predicted octanol–water partition coefficient (Wildman–Crippen LogP) is 2.09. The number of rotatable bonds is 6. The topological polar surface area (TPSA) is 103 Å². The molecule has 0 amide bonds. The standard InChI is InChI=1S/C19H19N7O/c20-15-12-14(27)5-6-16(15)23-18-17-4-1-2-10-26(17)24-19(18)22-7-3-9-25-11-8-21-13-25/h1-2,4-6,8,10-13H,3,7,9,20H2,(H,22,24). The van der Waals surface area contributed by atoms with Gasteiger partial charge in [0.2, 0.25) is 0 Å². The van der Waals surface area contributed by atoms with Gasteiger partial charge in [-0.2, -0.15) is 0 Å². The van der Waals surface area contributed by atoms with Crippen molar-refractivity contribution < 1.29 is 4.79 Å². The second kappa shape index (κ2) is 7.28. The van der Waals surface area contributed by atoms with E-state index >= 15 is 0 Å². The number of carbonyl (C=O) groups excluding carboxylic acids is 1. The fourth-order valence-corrected chi connectivity index (χ4v) is 2.86. The largest absolute Gasteiger partial charge is 0.397 e. The van der Waals surface area contributed by atoms with E-state index in [9.17, 15) is 4.79 Å². The van der Waals surface area contributed by atoms with Gasteiger partial charge in [0, 0.05) is 37.8 Å². The quantitative estimate of drug-likeness (QED) is 0.517. The molecule has 0 bridgehead atoms. The second-order valence-electron chi connectivity index (χ2n) is 6.14. The van der Waals surface area contributed by atoms with Gasteiger partial charge in [-0.3, -0.25) is 4.79 Å². The molecule has 0 aromatic carbocycles. The highest BCUT2D eigenvalue weighted by molar-refractivity contribution is 6.20. The highest BCUT2D eigenvalue weighted by atomic mass is 16.1. The van der Waals surface area contributed by atoms with Gasteiger partial charge in [0.1, 0.15) is 5.69 Å². The number of nitrogens with zero attached hydrogens (tertiary/aromatic N) is 5. The molecule has 3 heterocycles. The Labute approximate surface area is 155 Å². The van der Waals surface area contributed by atoms with Crippen molar-refractivity contribution in [2.45, 2.75) is 13.0 Å². The Morgan fingerprint density at radius 2 is 2.15 bits per heavy atom. The molecule has 0 saturated heterocycles. The average molecular weight is 361 g/mol. The third-order valence-electron chi connectivity index (χ3n) is 4.19. The number of anilines is 1. The minimum Gasteiger partial charge on any atom is -0.397 e. The Bertz CT molecular complexity index is 1060. The van der Waals surface area contributed by atoms with Crippen LogP contribution in [0.3, 0.4) is 0 Å². The van der Waals surface area contributed by atoms with Crippen molar-refractivity contribution >= 4 is 28.5 Å². The van der Waals surface area contributed by atoms with Crippen molar-refractivity contribution in [2.24, 2.45) is 10.7 Å². The number of imidazole rings is 1. The molecular formula is C19H19N7O. The third-order valence-corrected chi connectivity index (χ3v) is 4.19. The van der Waals surface area contributed by atoms with Crippen LogP contribution in [-0.2, 0) is 11.3 Å². The van der Waals surface area contributed by atoms with Gasteiger partial charge in [-0.1, -0.05) is 6.07 Å². The Morgan fingerprint density at radius 1 is 1.22 bits per heavy atom. The smallest absolute Gasteiger partial charge is 0.180 e. The molecule has 3 aromatic heterocycles. The average Bonchev–Trinajstić information content (AvgIpc) is 3.29. The third kappa shape index (κ3) is 3.64. The summed E-state index contributed by atoms with van der Waals surface area (Å²) in [4.78, 5) is 20.2. The first-order valence-corrected chi connectivity index (χ1v) is 8.66. The minimum atomic E-state index is -0.135. The highest BCUT2D eigenvalue weighted by Gasteiger charge is 2.15. The van der Waals surface area contributed by atoms with E-state index in [1.54, 1.807) is 23.1 Å². The zero-order chi connectivity index (χ0) is 18.6. The Kier molecular flexibility index (Phi) is 4.52. The molecule has 3 N–H and O–H groups in total. The minimum absolute atomic E-state index is 0.135.